The first-order chi connectivity index (χ1) is 18.0. The van der Waals surface area contributed by atoms with Crippen molar-refractivity contribution >= 4 is 40.0 Å². The Hall–Kier alpha value is -4.09. The molecule has 1 aliphatic rings. The van der Waals surface area contributed by atoms with Crippen molar-refractivity contribution in [2.45, 2.75) is 25.9 Å². The van der Waals surface area contributed by atoms with Gasteiger partial charge in [0, 0.05) is 57.5 Å². The highest BCUT2D eigenvalue weighted by Gasteiger charge is 2.38. The molecule has 1 saturated heterocycles. The number of amides is 2. The summed E-state index contributed by atoms with van der Waals surface area (Å²) < 4.78 is 51.7. The average molecular weight is 530 g/mol. The molecular weight excluding hydrogens is 503 g/mol. The lowest BCUT2D eigenvalue weighted by Crippen LogP contribution is -2.27. The van der Waals surface area contributed by atoms with Crippen molar-refractivity contribution in [3.8, 4) is 11.1 Å². The number of alkyl halides is 3. The van der Waals surface area contributed by atoms with E-state index in [0.717, 1.165) is 12.8 Å². The maximum absolute atomic E-state index is 13.6. The number of rotatable bonds is 5. The molecular formula is C26H26F3N5O4. The minimum absolute atomic E-state index is 0.0734. The number of hydrogen-bond donors (Lipinski definition) is 0. The van der Waals surface area contributed by atoms with E-state index in [2.05, 4.69) is 9.97 Å². The molecule has 200 valence electrons. The molecule has 0 aliphatic carbocycles. The second-order valence-corrected chi connectivity index (χ2v) is 9.44. The molecule has 3 heterocycles. The van der Waals surface area contributed by atoms with Crippen LogP contribution in [0.25, 0.3) is 33.3 Å². The third-order valence-electron chi connectivity index (χ3n) is 6.63. The summed E-state index contributed by atoms with van der Waals surface area (Å²) in [4.78, 5) is 39.4. The number of likely N-dealkylation sites (tertiary alicyclic amines) is 1. The van der Waals surface area contributed by atoms with E-state index in [9.17, 15) is 22.8 Å². The first-order valence-electron chi connectivity index (χ1n) is 12.2. The van der Waals surface area contributed by atoms with Gasteiger partial charge in [-0.15, -0.1) is 0 Å². The quantitative estimate of drug-likeness (QED) is 0.357. The highest BCUT2D eigenvalue weighted by atomic mass is 19.4. The van der Waals surface area contributed by atoms with Crippen molar-refractivity contribution in [2.75, 3.05) is 45.7 Å². The largest absolute Gasteiger partial charge is 0.468 e. The number of hydrogen-bond acceptors (Lipinski definition) is 7. The Morgan fingerprint density at radius 2 is 1.71 bits per heavy atom. The molecule has 4 aromatic rings. The predicted molar refractivity (Wildman–Crippen MR) is 134 cm³/mol. The molecule has 0 unspecified atom stereocenters. The lowest BCUT2D eigenvalue weighted by Gasteiger charge is -2.16. The first kappa shape index (κ1) is 25.6. The van der Waals surface area contributed by atoms with E-state index >= 15 is 0 Å². The molecule has 1 aliphatic heterocycles. The zero-order chi connectivity index (χ0) is 27.4. The molecule has 2 aromatic heterocycles. The van der Waals surface area contributed by atoms with Crippen LogP contribution in [0.4, 0.5) is 19.2 Å². The van der Waals surface area contributed by atoms with E-state index in [4.69, 9.17) is 8.83 Å². The Morgan fingerprint density at radius 3 is 2.34 bits per heavy atom. The van der Waals surface area contributed by atoms with E-state index in [-0.39, 0.29) is 56.7 Å². The molecule has 0 bridgehead atoms. The van der Waals surface area contributed by atoms with Crippen LogP contribution in [-0.2, 0) is 6.18 Å². The van der Waals surface area contributed by atoms with Gasteiger partial charge in [0.1, 0.15) is 11.0 Å². The highest BCUT2D eigenvalue weighted by Crippen LogP contribution is 2.40. The van der Waals surface area contributed by atoms with Gasteiger partial charge < -0.3 is 23.5 Å². The van der Waals surface area contributed by atoms with E-state index in [1.807, 2.05) is 6.92 Å². The summed E-state index contributed by atoms with van der Waals surface area (Å²) >= 11 is 0. The van der Waals surface area contributed by atoms with Gasteiger partial charge in [0.25, 0.3) is 17.8 Å². The van der Waals surface area contributed by atoms with Crippen LogP contribution in [0.3, 0.4) is 0 Å². The molecule has 0 radical (unpaired) electrons. The van der Waals surface area contributed by atoms with Crippen LogP contribution in [0.2, 0.25) is 0 Å². The smallest absolute Gasteiger partial charge is 0.433 e. The van der Waals surface area contributed by atoms with Crippen molar-refractivity contribution in [1.82, 2.24) is 19.8 Å². The fourth-order valence-electron chi connectivity index (χ4n) is 4.50. The maximum Gasteiger partial charge on any atom is 0.468 e. The second-order valence-electron chi connectivity index (χ2n) is 9.44. The van der Waals surface area contributed by atoms with Crippen molar-refractivity contribution in [3.05, 3.63) is 41.3 Å². The molecule has 38 heavy (non-hydrogen) atoms. The van der Waals surface area contributed by atoms with Crippen molar-refractivity contribution in [2.24, 2.45) is 0 Å². The van der Waals surface area contributed by atoms with Gasteiger partial charge in [0.2, 0.25) is 0 Å². The van der Waals surface area contributed by atoms with E-state index in [0.29, 0.717) is 25.2 Å². The molecule has 12 heteroatoms. The number of halogens is 3. The zero-order valence-electron chi connectivity index (χ0n) is 21.3. The first-order valence-corrected chi connectivity index (χ1v) is 12.2. The van der Waals surface area contributed by atoms with Crippen LogP contribution in [0.5, 0.6) is 0 Å². The number of fused-ring (bicyclic) bond motifs is 2. The molecule has 5 rings (SSSR count). The monoisotopic (exact) mass is 529 g/mol. The SMILES string of the molecule is CCN(C)C(=O)c1ccc(-c2cc(C(=O)N3CCCC3)cc3oc(C(F)(F)F)nc23)c2nc(N(C)C)oc12. The van der Waals surface area contributed by atoms with Gasteiger partial charge in [-0.3, -0.25) is 9.59 Å². The predicted octanol–water partition coefficient (Wildman–Crippen LogP) is 5.05. The fraction of sp³-hybridized carbons (Fsp3) is 0.385. The highest BCUT2D eigenvalue weighted by molar-refractivity contribution is 6.11. The van der Waals surface area contributed by atoms with Gasteiger partial charge in [-0.2, -0.15) is 18.2 Å². The Morgan fingerprint density at radius 1 is 1.00 bits per heavy atom. The van der Waals surface area contributed by atoms with E-state index < -0.39 is 12.1 Å². The lowest BCUT2D eigenvalue weighted by atomic mass is 9.98. The molecule has 0 spiro atoms. The number of anilines is 1. The summed E-state index contributed by atoms with van der Waals surface area (Å²) in [7, 11) is 5.08. The molecule has 0 atom stereocenters. The van der Waals surface area contributed by atoms with Crippen LogP contribution in [0.15, 0.2) is 33.1 Å². The summed E-state index contributed by atoms with van der Waals surface area (Å²) in [5.41, 5.74) is 1.20. The summed E-state index contributed by atoms with van der Waals surface area (Å²) in [5, 5.41) is 0. The third kappa shape index (κ3) is 4.33. The van der Waals surface area contributed by atoms with Crippen molar-refractivity contribution in [1.29, 1.82) is 0 Å². The normalized spacial score (nSPS) is 14.0. The molecule has 0 saturated carbocycles. The van der Waals surface area contributed by atoms with E-state index in [1.54, 1.807) is 43.1 Å². The Bertz CT molecular complexity index is 1550. The van der Waals surface area contributed by atoms with Crippen LogP contribution in [-0.4, -0.2) is 72.4 Å². The van der Waals surface area contributed by atoms with Crippen LogP contribution >= 0.6 is 0 Å². The minimum Gasteiger partial charge on any atom is -0.433 e. The summed E-state index contributed by atoms with van der Waals surface area (Å²) in [6.45, 7) is 3.42. The standard InChI is InChI=1S/C26H26F3N5O4/c1-5-33(4)23(36)16-9-8-15(20-21(16)38-25(31-20)32(2)3)17-12-14(22(35)34-10-6-7-11-34)13-18-19(17)30-24(37-18)26(27,28)29/h8-9,12-13H,5-7,10-11H2,1-4H3. The summed E-state index contributed by atoms with van der Waals surface area (Å²) in [6, 6.07) is 6.13. The van der Waals surface area contributed by atoms with Gasteiger partial charge in [-0.25, -0.2) is 4.98 Å². The van der Waals surface area contributed by atoms with Gasteiger partial charge in [0.15, 0.2) is 11.2 Å². The fourth-order valence-corrected chi connectivity index (χ4v) is 4.50. The van der Waals surface area contributed by atoms with Gasteiger partial charge in [-0.05, 0) is 38.0 Å². The van der Waals surface area contributed by atoms with Gasteiger partial charge >= 0.3 is 12.1 Å². The Balaban J connectivity index is 1.78. The van der Waals surface area contributed by atoms with Crippen LogP contribution in [0.1, 0.15) is 46.4 Å². The number of nitrogens with zero attached hydrogens (tertiary/aromatic N) is 5. The van der Waals surface area contributed by atoms with Gasteiger partial charge in [0.05, 0.1) is 5.56 Å². The summed E-state index contributed by atoms with van der Waals surface area (Å²) in [6.07, 6.45) is -3.11. The molecule has 2 aromatic carbocycles. The molecule has 9 nitrogen and oxygen atoms in total. The second kappa shape index (κ2) is 9.34. The number of carbonyl (C=O) groups excluding carboxylic acids is 2. The number of benzene rings is 2. The topological polar surface area (TPSA) is 95.9 Å². The van der Waals surface area contributed by atoms with E-state index in [1.165, 1.54) is 17.0 Å². The number of oxazole rings is 2. The lowest BCUT2D eigenvalue weighted by molar-refractivity contribution is -0.156. The Labute approximate surface area is 215 Å². The maximum atomic E-state index is 13.6. The Kier molecular flexibility index (Phi) is 6.28. The van der Waals surface area contributed by atoms with Crippen molar-refractivity contribution < 1.29 is 31.6 Å². The summed E-state index contributed by atoms with van der Waals surface area (Å²) in [5.74, 6) is -2.02. The number of aromatic nitrogens is 2. The van der Waals surface area contributed by atoms with Crippen LogP contribution in [0, 0.1) is 0 Å². The average Bonchev–Trinajstić information content (AvgIpc) is 3.64. The number of carbonyl (C=O) groups is 2. The molecule has 1 fully saturated rings. The minimum atomic E-state index is -4.82. The third-order valence-corrected chi connectivity index (χ3v) is 6.63. The molecule has 0 N–H and O–H groups in total. The van der Waals surface area contributed by atoms with Gasteiger partial charge in [-0.1, -0.05) is 6.07 Å². The zero-order valence-corrected chi connectivity index (χ0v) is 21.3. The van der Waals surface area contributed by atoms with Crippen LogP contribution < -0.4 is 4.90 Å². The van der Waals surface area contributed by atoms with Crippen molar-refractivity contribution in [3.63, 3.8) is 0 Å². The molecule has 2 amide bonds.